The van der Waals surface area contributed by atoms with E-state index >= 15 is 0 Å². The Hall–Kier alpha value is -4.71. The number of carbonyl (C=O) groups is 3. The van der Waals surface area contributed by atoms with E-state index in [1.165, 1.54) is 109 Å². The molecule has 0 radical (unpaired) electrons. The third-order valence-electron chi connectivity index (χ3n) is 13.5. The summed E-state index contributed by atoms with van der Waals surface area (Å²) in [5.74, 6) is -0.987. The molecule has 0 rings (SSSR count). The van der Waals surface area contributed by atoms with Gasteiger partial charge in [0.25, 0.3) is 0 Å². The van der Waals surface area contributed by atoms with Crippen LogP contribution in [0.5, 0.6) is 0 Å². The molecule has 0 aliphatic heterocycles. The molecule has 6 nitrogen and oxygen atoms in total. The van der Waals surface area contributed by atoms with Crippen LogP contribution >= 0.6 is 0 Å². The molecule has 1 atom stereocenters. The van der Waals surface area contributed by atoms with Gasteiger partial charge in [0.1, 0.15) is 13.2 Å². The van der Waals surface area contributed by atoms with Crippen molar-refractivity contribution in [2.75, 3.05) is 13.2 Å². The Bertz CT molecular complexity index is 1750. The summed E-state index contributed by atoms with van der Waals surface area (Å²) in [7, 11) is 0. The molecule has 0 aromatic carbocycles. The summed E-state index contributed by atoms with van der Waals surface area (Å²) in [6.07, 6.45) is 95.7. The van der Waals surface area contributed by atoms with Gasteiger partial charge in [0, 0.05) is 19.3 Å². The molecule has 0 saturated carbocycles. The van der Waals surface area contributed by atoms with E-state index < -0.39 is 6.10 Å². The number of unbranched alkanes of at least 4 members (excludes halogenated alkanes) is 23. The van der Waals surface area contributed by atoms with Crippen molar-refractivity contribution in [3.63, 3.8) is 0 Å². The van der Waals surface area contributed by atoms with Crippen LogP contribution in [0.2, 0.25) is 0 Å². The standard InChI is InChI=1S/C74H120O6/c1-4-7-10-13-16-19-22-25-28-31-32-33-34-35-36-37-38-39-40-41-42-44-46-49-52-55-58-61-64-67-73(76)79-70-71(69-78-72(75)66-63-60-57-54-51-48-45-30-27-24-21-18-15-12-9-6-3)80-74(77)68-65-62-59-56-53-50-47-43-29-26-23-20-17-14-11-8-5-2/h7,10,16,19,21,24-26,28-30,32-33,35-36,38-39,41-42,45-46,49,55,58,71H,4-6,8-9,11-15,17-18,20,22-23,27,31,34,37,40,43-44,47-48,50-54,56-57,59-70H2,1-3H3/b10-7-,19-16-,24-21-,28-25-,29-26-,33-32-,36-35-,39-38-,42-41-,45-30-,49-46-,58-55-. The predicted octanol–water partition coefficient (Wildman–Crippen LogP) is 22.7. The summed E-state index contributed by atoms with van der Waals surface area (Å²) in [4.78, 5) is 38.3. The number of hydrogen-bond donors (Lipinski definition) is 0. The van der Waals surface area contributed by atoms with Gasteiger partial charge in [-0.1, -0.05) is 269 Å². The van der Waals surface area contributed by atoms with Crippen molar-refractivity contribution in [3.8, 4) is 0 Å². The first-order valence-electron chi connectivity index (χ1n) is 32.8. The van der Waals surface area contributed by atoms with E-state index in [2.05, 4.69) is 167 Å². The Balaban J connectivity index is 4.49. The summed E-state index contributed by atoms with van der Waals surface area (Å²) in [5, 5.41) is 0. The van der Waals surface area contributed by atoms with Crippen molar-refractivity contribution in [3.05, 3.63) is 146 Å². The fourth-order valence-corrected chi connectivity index (χ4v) is 8.65. The summed E-state index contributed by atoms with van der Waals surface area (Å²) >= 11 is 0. The second-order valence-electron chi connectivity index (χ2n) is 21.3. The molecule has 80 heavy (non-hydrogen) atoms. The molecular formula is C74H120O6. The molecular weight excluding hydrogens is 985 g/mol. The van der Waals surface area contributed by atoms with E-state index in [1.54, 1.807) is 0 Å². The number of carbonyl (C=O) groups excluding carboxylic acids is 3. The lowest BCUT2D eigenvalue weighted by atomic mass is 10.1. The van der Waals surface area contributed by atoms with Crippen LogP contribution in [-0.4, -0.2) is 37.2 Å². The fourth-order valence-electron chi connectivity index (χ4n) is 8.65. The second kappa shape index (κ2) is 66.8. The minimum absolute atomic E-state index is 0.109. The number of allylic oxidation sites excluding steroid dienone is 24. The van der Waals surface area contributed by atoms with E-state index in [0.29, 0.717) is 19.3 Å². The van der Waals surface area contributed by atoms with Crippen LogP contribution in [-0.2, 0) is 28.6 Å². The summed E-state index contributed by atoms with van der Waals surface area (Å²) in [5.41, 5.74) is 0. The highest BCUT2D eigenvalue weighted by molar-refractivity contribution is 5.71. The maximum absolute atomic E-state index is 12.9. The summed E-state index contributed by atoms with van der Waals surface area (Å²) in [6, 6.07) is 0. The molecule has 0 aromatic rings. The predicted molar refractivity (Wildman–Crippen MR) is 348 cm³/mol. The van der Waals surface area contributed by atoms with Gasteiger partial charge in [-0.3, -0.25) is 14.4 Å². The van der Waals surface area contributed by atoms with Gasteiger partial charge in [0.15, 0.2) is 6.10 Å². The van der Waals surface area contributed by atoms with Gasteiger partial charge in [-0.05, 0) is 141 Å². The number of rotatable bonds is 58. The first-order chi connectivity index (χ1) is 39.5. The molecule has 6 heteroatoms. The minimum atomic E-state index is -0.817. The Morgan fingerprint density at radius 3 is 0.838 bits per heavy atom. The molecule has 0 amide bonds. The smallest absolute Gasteiger partial charge is 0.306 e. The van der Waals surface area contributed by atoms with E-state index in [1.807, 2.05) is 0 Å². The maximum Gasteiger partial charge on any atom is 0.306 e. The van der Waals surface area contributed by atoms with Crippen molar-refractivity contribution in [2.24, 2.45) is 0 Å². The van der Waals surface area contributed by atoms with Gasteiger partial charge >= 0.3 is 17.9 Å². The third kappa shape index (κ3) is 64.1. The molecule has 0 saturated heterocycles. The van der Waals surface area contributed by atoms with Crippen molar-refractivity contribution < 1.29 is 28.6 Å². The van der Waals surface area contributed by atoms with Crippen LogP contribution in [0.1, 0.15) is 284 Å². The highest BCUT2D eigenvalue weighted by Crippen LogP contribution is 2.14. The number of hydrogen-bond acceptors (Lipinski definition) is 6. The molecule has 0 N–H and O–H groups in total. The summed E-state index contributed by atoms with van der Waals surface area (Å²) in [6.45, 7) is 6.45. The monoisotopic (exact) mass is 1100 g/mol. The van der Waals surface area contributed by atoms with Gasteiger partial charge in [0.05, 0.1) is 0 Å². The van der Waals surface area contributed by atoms with Crippen LogP contribution in [0.25, 0.3) is 0 Å². The van der Waals surface area contributed by atoms with Gasteiger partial charge in [0.2, 0.25) is 0 Å². The zero-order valence-electron chi connectivity index (χ0n) is 51.8. The lowest BCUT2D eigenvalue weighted by molar-refractivity contribution is -0.167. The van der Waals surface area contributed by atoms with Gasteiger partial charge < -0.3 is 14.2 Å². The third-order valence-corrected chi connectivity index (χ3v) is 13.5. The topological polar surface area (TPSA) is 78.9 Å². The zero-order valence-corrected chi connectivity index (χ0v) is 51.8. The van der Waals surface area contributed by atoms with Crippen molar-refractivity contribution in [1.82, 2.24) is 0 Å². The summed E-state index contributed by atoms with van der Waals surface area (Å²) < 4.78 is 16.9. The lowest BCUT2D eigenvalue weighted by Crippen LogP contribution is -2.30. The Morgan fingerprint density at radius 2 is 0.500 bits per heavy atom. The molecule has 452 valence electrons. The highest BCUT2D eigenvalue weighted by Gasteiger charge is 2.19. The fraction of sp³-hybridized carbons (Fsp3) is 0.635. The molecule has 1 unspecified atom stereocenters. The van der Waals surface area contributed by atoms with Crippen molar-refractivity contribution in [2.45, 2.75) is 290 Å². The van der Waals surface area contributed by atoms with E-state index in [4.69, 9.17) is 14.2 Å². The maximum atomic E-state index is 12.9. The van der Waals surface area contributed by atoms with E-state index in [9.17, 15) is 14.4 Å². The quantitative estimate of drug-likeness (QED) is 0.0261. The average molecular weight is 1110 g/mol. The zero-order chi connectivity index (χ0) is 57.8. The average Bonchev–Trinajstić information content (AvgIpc) is 3.46. The van der Waals surface area contributed by atoms with E-state index in [-0.39, 0.29) is 37.5 Å². The molecule has 0 bridgehead atoms. The largest absolute Gasteiger partial charge is 0.462 e. The Kier molecular flexibility index (Phi) is 62.9. The molecule has 0 aliphatic carbocycles. The van der Waals surface area contributed by atoms with E-state index in [0.717, 1.165) is 128 Å². The normalized spacial score (nSPS) is 13.1. The minimum Gasteiger partial charge on any atom is -0.462 e. The van der Waals surface area contributed by atoms with Crippen LogP contribution < -0.4 is 0 Å². The highest BCUT2D eigenvalue weighted by atomic mass is 16.6. The van der Waals surface area contributed by atoms with Crippen LogP contribution in [0, 0.1) is 0 Å². The Labute approximate surface area is 493 Å². The molecule has 0 aliphatic rings. The van der Waals surface area contributed by atoms with Crippen LogP contribution in [0.3, 0.4) is 0 Å². The second-order valence-corrected chi connectivity index (χ2v) is 21.3. The molecule has 0 spiro atoms. The number of esters is 3. The first-order valence-corrected chi connectivity index (χ1v) is 32.8. The van der Waals surface area contributed by atoms with Gasteiger partial charge in [-0.2, -0.15) is 0 Å². The van der Waals surface area contributed by atoms with Crippen molar-refractivity contribution in [1.29, 1.82) is 0 Å². The van der Waals surface area contributed by atoms with Crippen LogP contribution in [0.15, 0.2) is 146 Å². The van der Waals surface area contributed by atoms with Gasteiger partial charge in [-0.15, -0.1) is 0 Å². The Morgan fingerprint density at radius 1 is 0.263 bits per heavy atom. The molecule has 0 aromatic heterocycles. The molecule has 0 fully saturated rings. The lowest BCUT2D eigenvalue weighted by Gasteiger charge is -2.18. The van der Waals surface area contributed by atoms with Crippen LogP contribution in [0.4, 0.5) is 0 Å². The SMILES string of the molecule is CC/C=C\C/C=C\C/C=C\C/C=C\C/C=C\C/C=C\C/C=C\C/C=C\C/C=C\CCCC(=O)OCC(COC(=O)CCCCCCC/C=C\C/C=C\CCCCCC)OC(=O)CCCCCCCCC/C=C\CCCCCCCC. The number of ether oxygens (including phenoxy) is 3. The van der Waals surface area contributed by atoms with Gasteiger partial charge in [-0.25, -0.2) is 0 Å². The first kappa shape index (κ1) is 75.3. The van der Waals surface area contributed by atoms with Crippen molar-refractivity contribution >= 4 is 17.9 Å². The molecule has 0 heterocycles.